The SMILES string of the molecule is O[C@@H]1[C@@H]2c3ccccc3N[C@H](c3ccccc3)[C@@H]2C[C@@H]1O. The summed E-state index contributed by atoms with van der Waals surface area (Å²) >= 11 is 0. The second kappa shape index (κ2) is 4.86. The van der Waals surface area contributed by atoms with E-state index < -0.39 is 12.2 Å². The summed E-state index contributed by atoms with van der Waals surface area (Å²) in [6.45, 7) is 0. The fourth-order valence-electron chi connectivity index (χ4n) is 4.00. The summed E-state index contributed by atoms with van der Waals surface area (Å²) in [5.74, 6) is 0.218. The number of anilines is 1. The number of fused-ring (bicyclic) bond motifs is 3. The molecule has 1 aliphatic carbocycles. The number of hydrogen-bond acceptors (Lipinski definition) is 3. The Hall–Kier alpha value is -1.84. The van der Waals surface area contributed by atoms with Gasteiger partial charge in [0.25, 0.3) is 0 Å². The van der Waals surface area contributed by atoms with E-state index in [0.29, 0.717) is 6.42 Å². The van der Waals surface area contributed by atoms with E-state index in [2.05, 4.69) is 29.6 Å². The minimum absolute atomic E-state index is 0.00246. The largest absolute Gasteiger partial charge is 0.390 e. The summed E-state index contributed by atoms with van der Waals surface area (Å²) in [4.78, 5) is 0. The van der Waals surface area contributed by atoms with Crippen molar-refractivity contribution in [2.75, 3.05) is 5.32 Å². The highest BCUT2D eigenvalue weighted by molar-refractivity contribution is 5.58. The third-order valence-electron chi connectivity index (χ3n) is 4.95. The third-order valence-corrected chi connectivity index (χ3v) is 4.95. The van der Waals surface area contributed by atoms with Crippen LogP contribution in [0.4, 0.5) is 5.69 Å². The summed E-state index contributed by atoms with van der Waals surface area (Å²) < 4.78 is 0. The van der Waals surface area contributed by atoms with Crippen LogP contribution in [-0.2, 0) is 0 Å². The van der Waals surface area contributed by atoms with Crippen LogP contribution >= 0.6 is 0 Å². The molecular weight excluding hydrogens is 262 g/mol. The lowest BCUT2D eigenvalue weighted by Crippen LogP contribution is -2.32. The molecule has 0 unspecified atom stereocenters. The third kappa shape index (κ3) is 1.96. The van der Waals surface area contributed by atoms with Crippen LogP contribution in [0, 0.1) is 5.92 Å². The van der Waals surface area contributed by atoms with E-state index in [-0.39, 0.29) is 17.9 Å². The number of rotatable bonds is 1. The van der Waals surface area contributed by atoms with E-state index in [9.17, 15) is 10.2 Å². The van der Waals surface area contributed by atoms with Crippen molar-refractivity contribution in [3.8, 4) is 0 Å². The molecule has 3 nitrogen and oxygen atoms in total. The Bertz CT molecular complexity index is 643. The summed E-state index contributed by atoms with van der Waals surface area (Å²) in [6, 6.07) is 18.6. The van der Waals surface area contributed by atoms with Gasteiger partial charge in [0.15, 0.2) is 0 Å². The molecule has 3 N–H and O–H groups in total. The van der Waals surface area contributed by atoms with Crippen molar-refractivity contribution >= 4 is 5.69 Å². The first kappa shape index (κ1) is 12.9. The fourth-order valence-corrected chi connectivity index (χ4v) is 4.00. The Morgan fingerprint density at radius 3 is 2.43 bits per heavy atom. The lowest BCUT2D eigenvalue weighted by atomic mass is 9.76. The Labute approximate surface area is 124 Å². The van der Waals surface area contributed by atoms with Crippen molar-refractivity contribution in [1.82, 2.24) is 0 Å². The van der Waals surface area contributed by atoms with Crippen molar-refractivity contribution in [3.05, 3.63) is 65.7 Å². The number of hydrogen-bond donors (Lipinski definition) is 3. The quantitative estimate of drug-likeness (QED) is 0.753. The van der Waals surface area contributed by atoms with Gasteiger partial charge in [0.1, 0.15) is 0 Å². The molecule has 2 aliphatic rings. The minimum atomic E-state index is -0.676. The highest BCUT2D eigenvalue weighted by atomic mass is 16.3. The first-order valence-electron chi connectivity index (χ1n) is 7.52. The van der Waals surface area contributed by atoms with Crippen molar-refractivity contribution < 1.29 is 10.2 Å². The van der Waals surface area contributed by atoms with Gasteiger partial charge in [-0.15, -0.1) is 0 Å². The topological polar surface area (TPSA) is 52.5 Å². The second-order valence-corrected chi connectivity index (χ2v) is 6.10. The zero-order valence-electron chi connectivity index (χ0n) is 11.7. The van der Waals surface area contributed by atoms with E-state index in [4.69, 9.17) is 0 Å². The standard InChI is InChI=1S/C18H19NO2/c20-15-10-13-16(18(15)21)12-8-4-5-9-14(12)19-17(13)11-6-2-1-3-7-11/h1-9,13,15-21H,10H2/t13-,15+,16-,17-,18+/m1/s1. The number of nitrogens with one attached hydrogen (secondary N) is 1. The van der Waals surface area contributed by atoms with Gasteiger partial charge in [-0.25, -0.2) is 0 Å². The molecule has 1 heterocycles. The first-order valence-corrected chi connectivity index (χ1v) is 7.52. The monoisotopic (exact) mass is 281 g/mol. The summed E-state index contributed by atoms with van der Waals surface area (Å²) in [7, 11) is 0. The van der Waals surface area contributed by atoms with Gasteiger partial charge in [-0.1, -0.05) is 48.5 Å². The highest BCUT2D eigenvalue weighted by Gasteiger charge is 2.49. The van der Waals surface area contributed by atoms with E-state index >= 15 is 0 Å². The predicted molar refractivity (Wildman–Crippen MR) is 82.1 cm³/mol. The number of aliphatic hydroxyl groups excluding tert-OH is 2. The molecule has 0 bridgehead atoms. The minimum Gasteiger partial charge on any atom is -0.390 e. The second-order valence-electron chi connectivity index (χ2n) is 6.10. The molecule has 0 aromatic heterocycles. The molecule has 21 heavy (non-hydrogen) atoms. The molecule has 4 rings (SSSR count). The lowest BCUT2D eigenvalue weighted by molar-refractivity contribution is 0.0349. The van der Waals surface area contributed by atoms with Crippen LogP contribution in [0.15, 0.2) is 54.6 Å². The maximum atomic E-state index is 10.4. The Kier molecular flexibility index (Phi) is 2.98. The molecule has 1 fully saturated rings. The Morgan fingerprint density at radius 1 is 0.905 bits per heavy atom. The zero-order chi connectivity index (χ0) is 14.4. The van der Waals surface area contributed by atoms with Crippen LogP contribution in [0.3, 0.4) is 0 Å². The molecule has 0 spiro atoms. The molecule has 0 amide bonds. The number of benzene rings is 2. The Morgan fingerprint density at radius 2 is 1.62 bits per heavy atom. The van der Waals surface area contributed by atoms with Crippen LogP contribution in [0.1, 0.15) is 29.5 Å². The average molecular weight is 281 g/mol. The summed E-state index contributed by atoms with van der Waals surface area (Å²) in [5, 5.41) is 24.2. The van der Waals surface area contributed by atoms with Crippen LogP contribution in [0.2, 0.25) is 0 Å². The van der Waals surface area contributed by atoms with Gasteiger partial charge >= 0.3 is 0 Å². The number of para-hydroxylation sites is 1. The van der Waals surface area contributed by atoms with Crippen molar-refractivity contribution in [1.29, 1.82) is 0 Å². The predicted octanol–water partition coefficient (Wildman–Crippen LogP) is 2.68. The lowest BCUT2D eigenvalue weighted by Gasteiger charge is -2.38. The maximum absolute atomic E-state index is 10.4. The smallest absolute Gasteiger partial charge is 0.0871 e. The van der Waals surface area contributed by atoms with Crippen LogP contribution in [-0.4, -0.2) is 22.4 Å². The molecule has 1 saturated carbocycles. The molecule has 2 aromatic rings. The van der Waals surface area contributed by atoms with Crippen LogP contribution in [0.5, 0.6) is 0 Å². The van der Waals surface area contributed by atoms with Crippen molar-refractivity contribution in [2.24, 2.45) is 5.92 Å². The summed E-state index contributed by atoms with van der Waals surface area (Å²) in [6.07, 6.45) is -0.684. The molecule has 108 valence electrons. The van der Waals surface area contributed by atoms with Gasteiger partial charge < -0.3 is 15.5 Å². The van der Waals surface area contributed by atoms with E-state index in [1.807, 2.05) is 30.3 Å². The van der Waals surface area contributed by atoms with Crippen LogP contribution < -0.4 is 5.32 Å². The van der Waals surface area contributed by atoms with Gasteiger partial charge in [-0.2, -0.15) is 0 Å². The zero-order valence-corrected chi connectivity index (χ0v) is 11.7. The average Bonchev–Trinajstić information content (AvgIpc) is 2.83. The molecular formula is C18H19NO2. The summed E-state index contributed by atoms with van der Waals surface area (Å²) in [5.41, 5.74) is 3.41. The Balaban J connectivity index is 1.82. The van der Waals surface area contributed by atoms with Gasteiger partial charge in [-0.3, -0.25) is 0 Å². The fraction of sp³-hybridized carbons (Fsp3) is 0.333. The van der Waals surface area contributed by atoms with Gasteiger partial charge in [-0.05, 0) is 29.5 Å². The van der Waals surface area contributed by atoms with Crippen LogP contribution in [0.25, 0.3) is 0 Å². The molecule has 5 atom stereocenters. The van der Waals surface area contributed by atoms with Gasteiger partial charge in [0.05, 0.1) is 18.2 Å². The molecule has 1 aliphatic heterocycles. The maximum Gasteiger partial charge on any atom is 0.0871 e. The number of aliphatic hydroxyl groups is 2. The van der Waals surface area contributed by atoms with Crippen molar-refractivity contribution in [3.63, 3.8) is 0 Å². The van der Waals surface area contributed by atoms with E-state index in [1.165, 1.54) is 5.56 Å². The molecule has 3 heteroatoms. The highest BCUT2D eigenvalue weighted by Crippen LogP contribution is 2.52. The molecule has 0 saturated heterocycles. The van der Waals surface area contributed by atoms with Gasteiger partial charge in [0.2, 0.25) is 0 Å². The van der Waals surface area contributed by atoms with E-state index in [1.54, 1.807) is 0 Å². The van der Waals surface area contributed by atoms with Gasteiger partial charge in [0, 0.05) is 11.6 Å². The molecule has 0 radical (unpaired) electrons. The van der Waals surface area contributed by atoms with Crippen molar-refractivity contribution in [2.45, 2.75) is 30.6 Å². The van der Waals surface area contributed by atoms with E-state index in [0.717, 1.165) is 11.3 Å². The first-order chi connectivity index (χ1) is 10.3. The normalized spacial score (nSPS) is 33.9. The molecule has 2 aromatic carbocycles.